The molecular formula is C34H41Br2FN2O2. The Balaban J connectivity index is 1.92. The SMILES string of the molecule is CCCCC(CC)CN1C(=O)C2=C(c3ccc(Br)c(F)c3)N(CC(CC)CCCC)C(=O)C2=C1c1ccc(Br)cc1. The standard InChI is InChI=1S/C34H41Br2FN2O2/c1-5-9-11-22(7-3)20-38-31(24-13-16-26(35)17-14-24)29-30(34(38)41)32(25-15-18-27(36)28(37)19-25)39(33(29)40)21-23(8-4)12-10-6-2/h13-19,22-23H,5-12,20-21H2,1-4H3. The van der Waals surface area contributed by atoms with Crippen LogP contribution >= 0.6 is 31.9 Å². The predicted octanol–water partition coefficient (Wildman–Crippen LogP) is 9.59. The van der Waals surface area contributed by atoms with Gasteiger partial charge in [0.05, 0.1) is 27.0 Å². The molecule has 2 amide bonds. The van der Waals surface area contributed by atoms with E-state index in [2.05, 4.69) is 59.6 Å². The minimum absolute atomic E-state index is 0.163. The molecule has 2 unspecified atom stereocenters. The Hall–Kier alpha value is -2.25. The first-order chi connectivity index (χ1) is 19.7. The average molecular weight is 689 g/mol. The van der Waals surface area contributed by atoms with Crippen molar-refractivity contribution in [2.75, 3.05) is 13.1 Å². The van der Waals surface area contributed by atoms with Crippen LogP contribution in [-0.2, 0) is 9.59 Å². The Morgan fingerprint density at radius 2 is 1.17 bits per heavy atom. The van der Waals surface area contributed by atoms with Crippen LogP contribution in [0.5, 0.6) is 0 Å². The summed E-state index contributed by atoms with van der Waals surface area (Å²) in [5, 5.41) is 0. The number of carbonyl (C=O) groups excluding carboxylic acids is 2. The summed E-state index contributed by atoms with van der Waals surface area (Å²) in [4.78, 5) is 32.5. The summed E-state index contributed by atoms with van der Waals surface area (Å²) in [5.74, 6) is -0.135. The number of carbonyl (C=O) groups is 2. The normalized spacial score (nSPS) is 16.8. The van der Waals surface area contributed by atoms with Crippen LogP contribution in [0.1, 0.15) is 90.2 Å². The lowest BCUT2D eigenvalue weighted by molar-refractivity contribution is -0.124. The molecule has 0 saturated heterocycles. The summed E-state index contributed by atoms with van der Waals surface area (Å²) in [6.07, 6.45) is 8.26. The minimum atomic E-state index is -0.417. The van der Waals surface area contributed by atoms with Crippen molar-refractivity contribution in [1.29, 1.82) is 0 Å². The fourth-order valence-corrected chi connectivity index (χ4v) is 6.46. The van der Waals surface area contributed by atoms with E-state index in [-0.39, 0.29) is 17.7 Å². The van der Waals surface area contributed by atoms with Gasteiger partial charge in [-0.05, 0) is 70.4 Å². The molecule has 0 aliphatic carbocycles. The second-order valence-electron chi connectivity index (χ2n) is 11.2. The quantitative estimate of drug-likeness (QED) is 0.198. The highest BCUT2D eigenvalue weighted by molar-refractivity contribution is 9.10. The second kappa shape index (κ2) is 14.3. The summed E-state index contributed by atoms with van der Waals surface area (Å²) in [6, 6.07) is 12.7. The molecule has 4 nitrogen and oxygen atoms in total. The molecule has 0 radical (unpaired) electrons. The van der Waals surface area contributed by atoms with Crippen LogP contribution in [0.2, 0.25) is 0 Å². The fourth-order valence-electron chi connectivity index (χ4n) is 5.95. The number of benzene rings is 2. The number of fused-ring (bicyclic) bond motifs is 1. The summed E-state index contributed by atoms with van der Waals surface area (Å²) < 4.78 is 16.2. The summed E-state index contributed by atoms with van der Waals surface area (Å²) in [7, 11) is 0. The summed E-state index contributed by atoms with van der Waals surface area (Å²) in [6.45, 7) is 9.72. The van der Waals surface area contributed by atoms with Gasteiger partial charge >= 0.3 is 0 Å². The maximum Gasteiger partial charge on any atom is 0.261 e. The molecule has 0 N–H and O–H groups in total. The maximum atomic E-state index is 14.9. The molecule has 0 spiro atoms. The van der Waals surface area contributed by atoms with Gasteiger partial charge in [-0.1, -0.05) is 100 Å². The van der Waals surface area contributed by atoms with Gasteiger partial charge in [0, 0.05) is 23.1 Å². The third kappa shape index (κ3) is 6.72. The molecule has 4 rings (SSSR count). The molecule has 2 atom stereocenters. The highest BCUT2D eigenvalue weighted by Gasteiger charge is 2.49. The van der Waals surface area contributed by atoms with Crippen LogP contribution in [0.25, 0.3) is 11.4 Å². The Kier molecular flexibility index (Phi) is 11.0. The molecule has 41 heavy (non-hydrogen) atoms. The van der Waals surface area contributed by atoms with E-state index in [0.29, 0.717) is 51.6 Å². The molecule has 7 heteroatoms. The molecule has 220 valence electrons. The number of hydrogen-bond acceptors (Lipinski definition) is 2. The monoisotopic (exact) mass is 686 g/mol. The highest BCUT2D eigenvalue weighted by atomic mass is 79.9. The zero-order chi connectivity index (χ0) is 29.7. The number of nitrogens with zero attached hydrogens (tertiary/aromatic N) is 2. The molecule has 0 aromatic heterocycles. The van der Waals surface area contributed by atoms with Crippen molar-refractivity contribution in [3.8, 4) is 0 Å². The van der Waals surface area contributed by atoms with Gasteiger partial charge in [0.15, 0.2) is 0 Å². The molecule has 2 heterocycles. The average Bonchev–Trinajstić information content (AvgIpc) is 3.41. The van der Waals surface area contributed by atoms with Gasteiger partial charge in [0.2, 0.25) is 0 Å². The van der Waals surface area contributed by atoms with Crippen LogP contribution in [0.4, 0.5) is 4.39 Å². The molecule has 2 aliphatic heterocycles. The largest absolute Gasteiger partial charge is 0.307 e. The van der Waals surface area contributed by atoms with Gasteiger partial charge in [-0.15, -0.1) is 0 Å². The van der Waals surface area contributed by atoms with E-state index in [1.54, 1.807) is 17.0 Å². The van der Waals surface area contributed by atoms with Gasteiger partial charge in [0.1, 0.15) is 5.82 Å². The Morgan fingerprint density at radius 3 is 1.61 bits per heavy atom. The van der Waals surface area contributed by atoms with Crippen LogP contribution < -0.4 is 0 Å². The molecular weight excluding hydrogens is 647 g/mol. The van der Waals surface area contributed by atoms with Crippen molar-refractivity contribution < 1.29 is 14.0 Å². The minimum Gasteiger partial charge on any atom is -0.307 e. The summed E-state index contributed by atoms with van der Waals surface area (Å²) >= 11 is 6.79. The first-order valence-electron chi connectivity index (χ1n) is 15.1. The lowest BCUT2D eigenvalue weighted by Gasteiger charge is -2.29. The lowest BCUT2D eigenvalue weighted by Crippen LogP contribution is -2.34. The van der Waals surface area contributed by atoms with Crippen molar-refractivity contribution >= 4 is 55.1 Å². The third-order valence-electron chi connectivity index (χ3n) is 8.46. The zero-order valence-corrected chi connectivity index (χ0v) is 27.8. The van der Waals surface area contributed by atoms with Crippen LogP contribution in [-0.4, -0.2) is 34.7 Å². The van der Waals surface area contributed by atoms with Crippen LogP contribution in [0.15, 0.2) is 62.6 Å². The third-order valence-corrected chi connectivity index (χ3v) is 9.63. The number of rotatable bonds is 14. The van der Waals surface area contributed by atoms with E-state index in [9.17, 15) is 14.0 Å². The first kappa shape index (κ1) is 31.7. The zero-order valence-electron chi connectivity index (χ0n) is 24.6. The summed E-state index contributed by atoms with van der Waals surface area (Å²) in [5.41, 5.74) is 3.47. The van der Waals surface area contributed by atoms with E-state index in [4.69, 9.17) is 0 Å². The van der Waals surface area contributed by atoms with Gasteiger partial charge in [0.25, 0.3) is 11.8 Å². The number of amides is 2. The molecule has 0 fully saturated rings. The Labute approximate surface area is 261 Å². The van der Waals surface area contributed by atoms with Crippen molar-refractivity contribution in [3.63, 3.8) is 0 Å². The van der Waals surface area contributed by atoms with Gasteiger partial charge in [-0.25, -0.2) is 4.39 Å². The topological polar surface area (TPSA) is 40.6 Å². The van der Waals surface area contributed by atoms with E-state index in [0.717, 1.165) is 61.4 Å². The molecule has 2 aromatic rings. The molecule has 0 bridgehead atoms. The van der Waals surface area contributed by atoms with Crippen LogP contribution in [0.3, 0.4) is 0 Å². The Morgan fingerprint density at radius 1 is 0.707 bits per heavy atom. The van der Waals surface area contributed by atoms with Crippen molar-refractivity contribution in [2.24, 2.45) is 11.8 Å². The fraction of sp³-hybridized carbons (Fsp3) is 0.471. The lowest BCUT2D eigenvalue weighted by atomic mass is 9.97. The van der Waals surface area contributed by atoms with Crippen molar-refractivity contribution in [3.05, 3.63) is 79.5 Å². The van der Waals surface area contributed by atoms with Crippen molar-refractivity contribution in [1.82, 2.24) is 9.80 Å². The number of halogens is 3. The van der Waals surface area contributed by atoms with E-state index in [1.807, 2.05) is 29.2 Å². The number of hydrogen-bond donors (Lipinski definition) is 0. The molecule has 2 aliphatic rings. The Bertz CT molecular complexity index is 1330. The number of unbranched alkanes of at least 4 members (excludes halogenated alkanes) is 2. The van der Waals surface area contributed by atoms with E-state index in [1.165, 1.54) is 6.07 Å². The predicted molar refractivity (Wildman–Crippen MR) is 172 cm³/mol. The second-order valence-corrected chi connectivity index (χ2v) is 13.0. The van der Waals surface area contributed by atoms with Crippen molar-refractivity contribution in [2.45, 2.75) is 79.1 Å². The van der Waals surface area contributed by atoms with Gasteiger partial charge < -0.3 is 9.80 Å². The maximum absolute atomic E-state index is 14.9. The molecule has 2 aromatic carbocycles. The van der Waals surface area contributed by atoms with Crippen LogP contribution in [0, 0.1) is 17.7 Å². The van der Waals surface area contributed by atoms with E-state index < -0.39 is 5.82 Å². The van der Waals surface area contributed by atoms with Gasteiger partial charge in [-0.2, -0.15) is 0 Å². The van der Waals surface area contributed by atoms with Gasteiger partial charge in [-0.3, -0.25) is 9.59 Å². The smallest absolute Gasteiger partial charge is 0.261 e. The molecule has 0 saturated carbocycles. The highest BCUT2D eigenvalue weighted by Crippen LogP contribution is 2.47. The first-order valence-corrected chi connectivity index (χ1v) is 16.7. The van der Waals surface area contributed by atoms with E-state index >= 15 is 0 Å².